The average molecular weight is 534 g/mol. The highest BCUT2D eigenvalue weighted by Crippen LogP contribution is 2.21. The van der Waals surface area contributed by atoms with Gasteiger partial charge in [0.05, 0.1) is 34.0 Å². The smallest absolute Gasteiger partial charge is 0.341 e. The average Bonchev–Trinajstić information content (AvgIpc) is 2.75. The zero-order chi connectivity index (χ0) is 21.3. The van der Waals surface area contributed by atoms with Crippen molar-refractivity contribution in [2.75, 3.05) is 53.6 Å². The van der Waals surface area contributed by atoms with E-state index in [1.165, 1.54) is 14.2 Å². The first-order valence-electron chi connectivity index (χ1n) is 10.0. The fourth-order valence-electron chi connectivity index (χ4n) is 3.22. The number of morpholine rings is 1. The molecule has 1 aliphatic heterocycles. The van der Waals surface area contributed by atoms with Crippen molar-refractivity contribution >= 4 is 35.9 Å². The third kappa shape index (κ3) is 7.59. The van der Waals surface area contributed by atoms with Crippen LogP contribution in [0.25, 0.3) is 0 Å². The van der Waals surface area contributed by atoms with Crippen LogP contribution in [-0.2, 0) is 16.0 Å². The van der Waals surface area contributed by atoms with Gasteiger partial charge >= 0.3 is 5.97 Å². The fraction of sp³-hybridized carbons (Fsp3) is 0.619. The molecule has 0 spiro atoms. The molecule has 0 saturated carbocycles. The van der Waals surface area contributed by atoms with Gasteiger partial charge in [0.1, 0.15) is 11.3 Å². The molecule has 1 saturated heterocycles. The Morgan fingerprint density at radius 1 is 1.23 bits per heavy atom. The Kier molecular flexibility index (Phi) is 11.4. The molecule has 1 aromatic rings. The SMILES string of the molecule is CCNC(=NCc1ccc(OC)c(C(=O)OC)c1)NCC(C)(C)N1CCOCC1.I. The number of rotatable bonds is 8. The van der Waals surface area contributed by atoms with Crippen molar-refractivity contribution in [2.45, 2.75) is 32.9 Å². The fourth-order valence-corrected chi connectivity index (χ4v) is 3.22. The predicted molar refractivity (Wildman–Crippen MR) is 129 cm³/mol. The lowest BCUT2D eigenvalue weighted by Crippen LogP contribution is -2.56. The van der Waals surface area contributed by atoms with E-state index in [0.717, 1.165) is 50.9 Å². The number of methoxy groups -OCH3 is 2. The molecule has 2 rings (SSSR count). The molecule has 0 bridgehead atoms. The summed E-state index contributed by atoms with van der Waals surface area (Å²) in [5.41, 5.74) is 1.28. The van der Waals surface area contributed by atoms with Crippen LogP contribution in [0.5, 0.6) is 5.75 Å². The Morgan fingerprint density at radius 3 is 2.53 bits per heavy atom. The van der Waals surface area contributed by atoms with Gasteiger partial charge in [-0.25, -0.2) is 9.79 Å². The summed E-state index contributed by atoms with van der Waals surface area (Å²) >= 11 is 0. The van der Waals surface area contributed by atoms with Crippen molar-refractivity contribution in [2.24, 2.45) is 4.99 Å². The number of ether oxygens (including phenoxy) is 3. The first-order valence-corrected chi connectivity index (χ1v) is 10.0. The number of nitrogens with zero attached hydrogens (tertiary/aromatic N) is 2. The number of esters is 1. The highest BCUT2D eigenvalue weighted by Gasteiger charge is 2.28. The summed E-state index contributed by atoms with van der Waals surface area (Å²) in [6.45, 7) is 11.9. The molecule has 1 fully saturated rings. The van der Waals surface area contributed by atoms with Crippen LogP contribution in [0.2, 0.25) is 0 Å². The summed E-state index contributed by atoms with van der Waals surface area (Å²) in [6, 6.07) is 5.42. The number of hydrogen-bond acceptors (Lipinski definition) is 6. The molecule has 0 radical (unpaired) electrons. The second-order valence-corrected chi connectivity index (χ2v) is 7.49. The normalized spacial score (nSPS) is 15.2. The molecule has 2 N–H and O–H groups in total. The highest BCUT2D eigenvalue weighted by atomic mass is 127. The van der Waals surface area contributed by atoms with E-state index < -0.39 is 5.97 Å². The van der Waals surface area contributed by atoms with E-state index in [0.29, 0.717) is 17.9 Å². The number of aliphatic imine (C=N–C) groups is 1. The monoisotopic (exact) mass is 534 g/mol. The standard InChI is InChI=1S/C21H34N4O4.HI/c1-6-22-20(24-15-21(2,3)25-9-11-29-12-10-25)23-14-16-7-8-18(27-4)17(13-16)19(26)28-5;/h7-8,13H,6,9-12,14-15H2,1-5H3,(H2,22,23,24);1H. The minimum absolute atomic E-state index is 0. The van der Waals surface area contributed by atoms with Crippen LogP contribution in [0, 0.1) is 0 Å². The van der Waals surface area contributed by atoms with E-state index in [9.17, 15) is 4.79 Å². The van der Waals surface area contributed by atoms with Gasteiger partial charge in [0.15, 0.2) is 5.96 Å². The Hall–Kier alpha value is -1.59. The van der Waals surface area contributed by atoms with Crippen LogP contribution < -0.4 is 15.4 Å². The van der Waals surface area contributed by atoms with Crippen molar-refractivity contribution < 1.29 is 19.0 Å². The number of benzene rings is 1. The molecule has 30 heavy (non-hydrogen) atoms. The minimum atomic E-state index is -0.426. The van der Waals surface area contributed by atoms with Gasteiger partial charge in [-0.3, -0.25) is 4.90 Å². The number of halogens is 1. The van der Waals surface area contributed by atoms with Crippen LogP contribution in [0.4, 0.5) is 0 Å². The van der Waals surface area contributed by atoms with E-state index in [1.807, 2.05) is 13.0 Å². The molecular formula is C21H35IN4O4. The van der Waals surface area contributed by atoms with Gasteiger partial charge in [0.2, 0.25) is 0 Å². The van der Waals surface area contributed by atoms with E-state index >= 15 is 0 Å². The Morgan fingerprint density at radius 2 is 1.93 bits per heavy atom. The summed E-state index contributed by atoms with van der Waals surface area (Å²) in [4.78, 5) is 19.1. The third-order valence-corrected chi connectivity index (χ3v) is 4.99. The maximum Gasteiger partial charge on any atom is 0.341 e. The van der Waals surface area contributed by atoms with Gasteiger partial charge in [0, 0.05) is 31.7 Å². The molecule has 0 atom stereocenters. The molecule has 170 valence electrons. The molecule has 0 aromatic heterocycles. The van der Waals surface area contributed by atoms with E-state index in [2.05, 4.69) is 34.4 Å². The second kappa shape index (κ2) is 13.0. The summed E-state index contributed by atoms with van der Waals surface area (Å²) in [6.07, 6.45) is 0. The van der Waals surface area contributed by atoms with Crippen molar-refractivity contribution in [1.29, 1.82) is 0 Å². The van der Waals surface area contributed by atoms with Gasteiger partial charge in [-0.1, -0.05) is 6.07 Å². The molecule has 8 nitrogen and oxygen atoms in total. The third-order valence-electron chi connectivity index (χ3n) is 4.99. The molecule has 9 heteroatoms. The molecule has 1 heterocycles. The maximum absolute atomic E-state index is 12.0. The lowest BCUT2D eigenvalue weighted by atomic mass is 10.0. The van der Waals surface area contributed by atoms with Crippen molar-refractivity contribution in [1.82, 2.24) is 15.5 Å². The van der Waals surface area contributed by atoms with Crippen LogP contribution in [0.15, 0.2) is 23.2 Å². The van der Waals surface area contributed by atoms with Crippen molar-refractivity contribution in [3.8, 4) is 5.75 Å². The Labute approximate surface area is 196 Å². The number of carbonyl (C=O) groups excluding carboxylic acids is 1. The van der Waals surface area contributed by atoms with E-state index in [-0.39, 0.29) is 29.5 Å². The Balaban J connectivity index is 0.00000450. The number of hydrogen-bond donors (Lipinski definition) is 2. The van der Waals surface area contributed by atoms with Crippen molar-refractivity contribution in [3.63, 3.8) is 0 Å². The molecule has 1 aromatic carbocycles. The topological polar surface area (TPSA) is 84.4 Å². The highest BCUT2D eigenvalue weighted by molar-refractivity contribution is 14.0. The maximum atomic E-state index is 12.0. The minimum Gasteiger partial charge on any atom is -0.496 e. The first kappa shape index (κ1) is 26.4. The summed E-state index contributed by atoms with van der Waals surface area (Å²) in [5.74, 6) is 0.802. The number of carbonyl (C=O) groups is 1. The predicted octanol–water partition coefficient (Wildman–Crippen LogP) is 2.27. The summed E-state index contributed by atoms with van der Waals surface area (Å²) < 4.78 is 15.5. The van der Waals surface area contributed by atoms with Crippen molar-refractivity contribution in [3.05, 3.63) is 29.3 Å². The molecular weight excluding hydrogens is 499 g/mol. The van der Waals surface area contributed by atoms with Crippen LogP contribution in [-0.4, -0.2) is 76.0 Å². The zero-order valence-corrected chi connectivity index (χ0v) is 20.9. The second-order valence-electron chi connectivity index (χ2n) is 7.49. The van der Waals surface area contributed by atoms with E-state index in [4.69, 9.17) is 14.2 Å². The van der Waals surface area contributed by atoms with Gasteiger partial charge in [-0.2, -0.15) is 0 Å². The number of nitrogens with one attached hydrogen (secondary N) is 2. The lowest BCUT2D eigenvalue weighted by molar-refractivity contribution is -0.00834. The Bertz CT molecular complexity index is 706. The summed E-state index contributed by atoms with van der Waals surface area (Å²) in [7, 11) is 2.89. The van der Waals surface area contributed by atoms with Crippen LogP contribution >= 0.6 is 24.0 Å². The first-order chi connectivity index (χ1) is 13.9. The van der Waals surface area contributed by atoms with Gasteiger partial charge in [-0.05, 0) is 38.5 Å². The molecule has 0 amide bonds. The molecule has 0 unspecified atom stereocenters. The largest absolute Gasteiger partial charge is 0.496 e. The summed E-state index contributed by atoms with van der Waals surface area (Å²) in [5, 5.41) is 6.72. The van der Waals surface area contributed by atoms with Gasteiger partial charge in [0.25, 0.3) is 0 Å². The molecule has 1 aliphatic rings. The molecule has 0 aliphatic carbocycles. The van der Waals surface area contributed by atoms with Gasteiger partial charge in [-0.15, -0.1) is 24.0 Å². The zero-order valence-electron chi connectivity index (χ0n) is 18.6. The quantitative estimate of drug-likeness (QED) is 0.229. The van der Waals surface area contributed by atoms with Crippen LogP contribution in [0.3, 0.4) is 0 Å². The van der Waals surface area contributed by atoms with Gasteiger partial charge < -0.3 is 24.8 Å². The van der Waals surface area contributed by atoms with E-state index in [1.54, 1.807) is 12.1 Å². The number of guanidine groups is 1. The lowest BCUT2D eigenvalue weighted by Gasteiger charge is -2.41. The van der Waals surface area contributed by atoms with Crippen LogP contribution in [0.1, 0.15) is 36.7 Å².